The summed E-state index contributed by atoms with van der Waals surface area (Å²) in [7, 11) is -3.53. The minimum Gasteiger partial charge on any atom is -0.339 e. The molecule has 1 saturated carbocycles. The molecule has 7 aromatic rings. The summed E-state index contributed by atoms with van der Waals surface area (Å²) in [5.74, 6) is 0.444. The predicted molar refractivity (Wildman–Crippen MR) is 199 cm³/mol. The normalized spacial score (nSPS) is 13.4. The molecule has 3 aromatic heterocycles. The van der Waals surface area contributed by atoms with Gasteiger partial charge in [-0.1, -0.05) is 79.2 Å². The maximum atomic E-state index is 13.7. The first kappa shape index (κ1) is 31.7. The molecule has 3 heterocycles. The molecule has 0 atom stereocenters. The van der Waals surface area contributed by atoms with E-state index in [1.54, 1.807) is 30.5 Å². The lowest BCUT2D eigenvalue weighted by molar-refractivity contribution is -0.118. The second-order valence-corrected chi connectivity index (χ2v) is 15.0. The summed E-state index contributed by atoms with van der Waals surface area (Å²) in [4.78, 5) is 28.6. The lowest BCUT2D eigenvalue weighted by atomic mass is 9.85. The number of hydrogen-bond acceptors (Lipinski definition) is 5. The molecular weight excluding hydrogens is 641 g/mol. The fourth-order valence-corrected chi connectivity index (χ4v) is 8.26. The first-order valence-corrected chi connectivity index (χ1v) is 18.7. The number of amides is 1. The zero-order chi connectivity index (χ0) is 34.1. The van der Waals surface area contributed by atoms with E-state index in [1.807, 2.05) is 83.9 Å². The number of nitrogens with zero attached hydrogens (tertiary/aromatic N) is 3. The Labute approximate surface area is 291 Å². The Morgan fingerprint density at radius 1 is 0.800 bits per heavy atom. The van der Waals surface area contributed by atoms with Gasteiger partial charge >= 0.3 is 0 Å². The molecule has 0 spiro atoms. The number of sulfone groups is 1. The summed E-state index contributed by atoms with van der Waals surface area (Å²) in [6, 6.07) is 38.4. The van der Waals surface area contributed by atoms with Gasteiger partial charge in [0.25, 0.3) is 0 Å². The molecule has 1 aliphatic carbocycles. The molecule has 0 radical (unpaired) electrons. The van der Waals surface area contributed by atoms with Crippen molar-refractivity contribution in [1.29, 1.82) is 0 Å². The van der Waals surface area contributed by atoms with E-state index >= 15 is 0 Å². The van der Waals surface area contributed by atoms with Gasteiger partial charge in [0.05, 0.1) is 17.1 Å². The van der Waals surface area contributed by atoms with Crippen LogP contribution in [-0.4, -0.2) is 35.8 Å². The van der Waals surface area contributed by atoms with Crippen molar-refractivity contribution in [3.63, 3.8) is 0 Å². The van der Waals surface area contributed by atoms with E-state index in [0.29, 0.717) is 22.9 Å². The Balaban J connectivity index is 1.20. The Morgan fingerprint density at radius 3 is 2.24 bits per heavy atom. The third-order valence-corrected chi connectivity index (χ3v) is 11.4. The van der Waals surface area contributed by atoms with E-state index in [4.69, 9.17) is 4.98 Å². The highest BCUT2D eigenvalue weighted by atomic mass is 32.2. The summed E-state index contributed by atoms with van der Waals surface area (Å²) in [6.45, 7) is 0.700. The highest BCUT2D eigenvalue weighted by molar-refractivity contribution is 7.90. The first-order valence-electron chi connectivity index (χ1n) is 17.0. The van der Waals surface area contributed by atoms with Crippen LogP contribution in [0.2, 0.25) is 0 Å². The first-order chi connectivity index (χ1) is 24.4. The van der Waals surface area contributed by atoms with E-state index in [-0.39, 0.29) is 18.1 Å². The van der Waals surface area contributed by atoms with Crippen molar-refractivity contribution in [2.45, 2.75) is 36.3 Å². The van der Waals surface area contributed by atoms with Crippen molar-refractivity contribution in [3.8, 4) is 22.3 Å². The Bertz CT molecular complexity index is 2410. The molecule has 8 heteroatoms. The quantitative estimate of drug-likeness (QED) is 0.156. The topological polar surface area (TPSA) is 96.0 Å². The maximum Gasteiger partial charge on any atom is 0.233 e. The van der Waals surface area contributed by atoms with Crippen LogP contribution in [0.25, 0.3) is 44.2 Å². The molecule has 1 fully saturated rings. The van der Waals surface area contributed by atoms with Gasteiger partial charge in [0.2, 0.25) is 5.91 Å². The average Bonchev–Trinajstić information content (AvgIpc) is 3.50. The summed E-state index contributed by atoms with van der Waals surface area (Å²) in [5.41, 5.74) is 7.91. The fourth-order valence-electron chi connectivity index (χ4n) is 6.91. The number of hydrogen-bond donors (Lipinski definition) is 1. The van der Waals surface area contributed by atoms with E-state index in [9.17, 15) is 13.2 Å². The monoisotopic (exact) mass is 676 g/mol. The Morgan fingerprint density at radius 2 is 1.54 bits per heavy atom. The molecular formula is C42H36N4O3S. The number of carbonyl (C=O) groups is 1. The molecule has 1 amide bonds. The van der Waals surface area contributed by atoms with Crippen LogP contribution < -0.4 is 4.90 Å². The van der Waals surface area contributed by atoms with Gasteiger partial charge in [0, 0.05) is 57.7 Å². The Hall–Kier alpha value is -5.60. The van der Waals surface area contributed by atoms with Crippen molar-refractivity contribution >= 4 is 43.4 Å². The van der Waals surface area contributed by atoms with Crippen LogP contribution in [0.1, 0.15) is 30.5 Å². The lowest BCUT2D eigenvalue weighted by Crippen LogP contribution is -2.38. The second-order valence-electron chi connectivity index (χ2n) is 13.1. The van der Waals surface area contributed by atoms with Gasteiger partial charge < -0.3 is 9.88 Å². The van der Waals surface area contributed by atoms with E-state index < -0.39 is 9.84 Å². The highest BCUT2D eigenvalue weighted by Crippen LogP contribution is 2.41. The maximum absolute atomic E-state index is 13.7. The third kappa shape index (κ3) is 6.30. The van der Waals surface area contributed by atoms with Crippen molar-refractivity contribution in [1.82, 2.24) is 15.0 Å². The van der Waals surface area contributed by atoms with Gasteiger partial charge in [-0.15, -0.1) is 0 Å². The molecule has 0 aliphatic heterocycles. The van der Waals surface area contributed by atoms with Crippen molar-refractivity contribution in [3.05, 3.63) is 145 Å². The van der Waals surface area contributed by atoms with Crippen LogP contribution in [0.5, 0.6) is 0 Å². The number of aromatic amines is 1. The van der Waals surface area contributed by atoms with Crippen LogP contribution in [0.15, 0.2) is 139 Å². The molecule has 4 aromatic carbocycles. The van der Waals surface area contributed by atoms with Gasteiger partial charge in [-0.05, 0) is 84.0 Å². The highest BCUT2D eigenvalue weighted by Gasteiger charge is 2.26. The third-order valence-electron chi connectivity index (χ3n) is 9.72. The van der Waals surface area contributed by atoms with Crippen molar-refractivity contribution < 1.29 is 13.2 Å². The van der Waals surface area contributed by atoms with Crippen molar-refractivity contribution in [2.75, 3.05) is 11.4 Å². The molecule has 0 saturated heterocycles. The summed E-state index contributed by atoms with van der Waals surface area (Å²) in [6.07, 6.45) is 7.37. The van der Waals surface area contributed by atoms with Crippen LogP contribution >= 0.6 is 0 Å². The lowest BCUT2D eigenvalue weighted by Gasteiger charge is -2.32. The van der Waals surface area contributed by atoms with Crippen LogP contribution in [-0.2, 0) is 26.8 Å². The number of pyridine rings is 2. The van der Waals surface area contributed by atoms with Gasteiger partial charge in [-0.2, -0.15) is 0 Å². The van der Waals surface area contributed by atoms with Crippen LogP contribution in [0.3, 0.4) is 0 Å². The Kier molecular flexibility index (Phi) is 8.46. The zero-order valence-corrected chi connectivity index (χ0v) is 28.3. The smallest absolute Gasteiger partial charge is 0.233 e. The molecule has 0 bridgehead atoms. The van der Waals surface area contributed by atoms with Gasteiger partial charge in [0.1, 0.15) is 5.65 Å². The average molecular weight is 677 g/mol. The van der Waals surface area contributed by atoms with Crippen LogP contribution in [0, 0.1) is 5.92 Å². The SMILES string of the molecule is O=C(Cc1ccccn1)N(CC1CCC1)c1ccc(-c2cnc3[nH]c4ccc(CS(=O)(=O)c5ccccc5)cc4c3c2-c2ccccc2)cc1. The number of nitrogens with one attached hydrogen (secondary N) is 1. The molecule has 248 valence electrons. The standard InChI is InChI=1S/C42H36N4O3S/c47-39(25-33-14-7-8-23-43-33)46(27-29-10-9-11-29)34-20-18-31(19-21-34)37-26-44-42-41(40(37)32-12-3-1-4-13-32)36-24-30(17-22-38(36)45-42)28-50(48,49)35-15-5-2-6-16-35/h1-8,12-24,26,29H,9-11,25,27-28H2,(H,44,45). The van der Waals surface area contributed by atoms with E-state index in [2.05, 4.69) is 34.2 Å². The number of carbonyl (C=O) groups excluding carboxylic acids is 1. The van der Waals surface area contributed by atoms with E-state index in [1.165, 1.54) is 6.42 Å². The van der Waals surface area contributed by atoms with Crippen molar-refractivity contribution in [2.24, 2.45) is 5.92 Å². The van der Waals surface area contributed by atoms with Gasteiger partial charge in [-0.25, -0.2) is 13.4 Å². The minimum atomic E-state index is -3.53. The minimum absolute atomic E-state index is 0.0419. The molecule has 50 heavy (non-hydrogen) atoms. The molecule has 1 N–H and O–H groups in total. The number of rotatable bonds is 10. The number of aromatic nitrogens is 3. The zero-order valence-electron chi connectivity index (χ0n) is 27.5. The predicted octanol–water partition coefficient (Wildman–Crippen LogP) is 8.79. The molecule has 8 rings (SSSR count). The fraction of sp³-hybridized carbons (Fsp3) is 0.167. The second kappa shape index (κ2) is 13.4. The summed E-state index contributed by atoms with van der Waals surface area (Å²) < 4.78 is 26.6. The van der Waals surface area contributed by atoms with Gasteiger partial charge in [0.15, 0.2) is 9.84 Å². The number of anilines is 1. The van der Waals surface area contributed by atoms with E-state index in [0.717, 1.165) is 68.4 Å². The molecule has 1 aliphatic rings. The van der Waals surface area contributed by atoms with Crippen LogP contribution in [0.4, 0.5) is 5.69 Å². The summed E-state index contributed by atoms with van der Waals surface area (Å²) in [5, 5.41) is 1.85. The molecule has 0 unspecified atom stereocenters. The number of fused-ring (bicyclic) bond motifs is 3. The number of benzene rings is 4. The van der Waals surface area contributed by atoms with Gasteiger partial charge in [-0.3, -0.25) is 9.78 Å². The summed E-state index contributed by atoms with van der Waals surface area (Å²) >= 11 is 0. The molecule has 7 nitrogen and oxygen atoms in total. The largest absolute Gasteiger partial charge is 0.339 e. The number of H-pyrrole nitrogens is 1.